The molecular weight excluding hydrogens is 448 g/mol. The van der Waals surface area contributed by atoms with Crippen LogP contribution < -0.4 is 5.32 Å². The molecule has 35 heavy (non-hydrogen) atoms. The minimum absolute atomic E-state index is 0.296. The van der Waals surface area contributed by atoms with Crippen LogP contribution in [-0.2, 0) is 17.7 Å². The van der Waals surface area contributed by atoms with E-state index in [2.05, 4.69) is 25.4 Å². The second kappa shape index (κ2) is 9.41. The summed E-state index contributed by atoms with van der Waals surface area (Å²) in [4.78, 5) is 38.9. The van der Waals surface area contributed by atoms with E-state index in [4.69, 9.17) is 9.26 Å². The highest BCUT2D eigenvalue weighted by atomic mass is 16.5. The van der Waals surface area contributed by atoms with Gasteiger partial charge in [-0.15, -0.1) is 0 Å². The Morgan fingerprint density at radius 1 is 1.17 bits per heavy atom. The number of ether oxygens (including phenoxy) is 1. The average molecular weight is 473 g/mol. The summed E-state index contributed by atoms with van der Waals surface area (Å²) in [5, 5.41) is 7.03. The van der Waals surface area contributed by atoms with Crippen molar-refractivity contribution in [2.75, 3.05) is 11.9 Å². The van der Waals surface area contributed by atoms with Gasteiger partial charge in [0, 0.05) is 17.7 Å². The van der Waals surface area contributed by atoms with Crippen molar-refractivity contribution >= 4 is 17.7 Å². The first-order valence-electron chi connectivity index (χ1n) is 11.3. The van der Waals surface area contributed by atoms with Gasteiger partial charge in [-0.05, 0) is 38.1 Å². The maximum absolute atomic E-state index is 13.3. The number of H-pyrrole nitrogens is 1. The van der Waals surface area contributed by atoms with Crippen molar-refractivity contribution in [1.29, 1.82) is 0 Å². The molecule has 3 heterocycles. The van der Waals surface area contributed by atoms with Crippen LogP contribution in [-0.4, -0.2) is 43.6 Å². The number of hydrogen-bond acceptors (Lipinski definition) is 7. The minimum Gasteiger partial charge on any atom is -0.462 e. The minimum atomic E-state index is -0.490. The Balaban J connectivity index is 1.38. The molecule has 0 aliphatic carbocycles. The highest BCUT2D eigenvalue weighted by molar-refractivity contribution is 5.92. The van der Waals surface area contributed by atoms with E-state index in [-0.39, 0.29) is 6.03 Å². The number of hydrogen-bond donors (Lipinski definition) is 2. The molecule has 0 unspecified atom stereocenters. The number of aromatic nitrogens is 4. The molecule has 10 nitrogen and oxygen atoms in total. The van der Waals surface area contributed by atoms with Crippen molar-refractivity contribution in [3.63, 3.8) is 0 Å². The molecule has 0 bridgehead atoms. The number of fused-ring (bicyclic) bond motifs is 1. The number of esters is 1. The summed E-state index contributed by atoms with van der Waals surface area (Å²) in [6.07, 6.45) is 2.05. The molecule has 5 rings (SSSR count). The topological polar surface area (TPSA) is 126 Å². The summed E-state index contributed by atoms with van der Waals surface area (Å²) >= 11 is 0. The summed E-state index contributed by atoms with van der Waals surface area (Å²) in [5.74, 6) is 0.388. The molecule has 2 aromatic heterocycles. The highest BCUT2D eigenvalue weighted by Gasteiger charge is 2.36. The third-order valence-corrected chi connectivity index (χ3v) is 5.84. The van der Waals surface area contributed by atoms with E-state index in [0.717, 1.165) is 22.5 Å². The molecule has 2 aromatic carbocycles. The number of imidazole rings is 1. The first-order valence-corrected chi connectivity index (χ1v) is 11.3. The van der Waals surface area contributed by atoms with Crippen LogP contribution in [0.2, 0.25) is 0 Å². The van der Waals surface area contributed by atoms with Crippen LogP contribution >= 0.6 is 0 Å². The zero-order valence-corrected chi connectivity index (χ0v) is 19.3. The van der Waals surface area contributed by atoms with Gasteiger partial charge in [0.15, 0.2) is 0 Å². The van der Waals surface area contributed by atoms with E-state index in [0.29, 0.717) is 42.5 Å². The molecule has 1 atom stereocenters. The summed E-state index contributed by atoms with van der Waals surface area (Å²) < 4.78 is 10.6. The van der Waals surface area contributed by atoms with E-state index < -0.39 is 12.0 Å². The lowest BCUT2D eigenvalue weighted by molar-refractivity contribution is 0.0526. The molecule has 1 aliphatic heterocycles. The van der Waals surface area contributed by atoms with Crippen molar-refractivity contribution in [3.05, 3.63) is 83.3 Å². The smallest absolute Gasteiger partial charge is 0.338 e. The van der Waals surface area contributed by atoms with Gasteiger partial charge in [-0.2, -0.15) is 4.98 Å². The van der Waals surface area contributed by atoms with Crippen LogP contribution in [0, 0.1) is 6.92 Å². The van der Waals surface area contributed by atoms with Gasteiger partial charge in [-0.25, -0.2) is 14.6 Å². The zero-order valence-electron chi connectivity index (χ0n) is 19.3. The number of urea groups is 1. The summed E-state index contributed by atoms with van der Waals surface area (Å²) in [6.45, 7) is 4.36. The molecule has 2 amide bonds. The molecule has 178 valence electrons. The van der Waals surface area contributed by atoms with E-state index in [1.165, 1.54) is 0 Å². The first kappa shape index (κ1) is 22.3. The Labute approximate surface area is 201 Å². The molecule has 10 heteroatoms. The Hall–Kier alpha value is -4.47. The predicted octanol–water partition coefficient (Wildman–Crippen LogP) is 4.28. The SMILES string of the molecule is CCOC(=O)c1ccc(NC(=O)N2Cc3[nH]cnc3C[C@H]2c2nc(-c3ccc(C)cc3)no2)cc1. The van der Waals surface area contributed by atoms with Gasteiger partial charge >= 0.3 is 12.0 Å². The molecular formula is C25H24N6O4. The van der Waals surface area contributed by atoms with Crippen molar-refractivity contribution in [2.24, 2.45) is 0 Å². The third kappa shape index (κ3) is 4.63. The summed E-state index contributed by atoms with van der Waals surface area (Å²) in [7, 11) is 0. The Morgan fingerprint density at radius 2 is 1.94 bits per heavy atom. The number of carbonyl (C=O) groups is 2. The fourth-order valence-electron chi connectivity index (χ4n) is 3.96. The molecule has 0 fully saturated rings. The zero-order chi connectivity index (χ0) is 24.4. The Kier molecular flexibility index (Phi) is 6.01. The normalized spacial score (nSPS) is 14.9. The molecule has 0 radical (unpaired) electrons. The lowest BCUT2D eigenvalue weighted by Crippen LogP contribution is -2.41. The molecule has 4 aromatic rings. The fraction of sp³-hybridized carbons (Fsp3) is 0.240. The monoisotopic (exact) mass is 472 g/mol. The van der Waals surface area contributed by atoms with Crippen molar-refractivity contribution in [1.82, 2.24) is 25.0 Å². The van der Waals surface area contributed by atoms with Crippen LogP contribution in [0.5, 0.6) is 0 Å². The quantitative estimate of drug-likeness (QED) is 0.415. The number of aryl methyl sites for hydroxylation is 1. The van der Waals surface area contributed by atoms with Gasteiger partial charge in [-0.1, -0.05) is 35.0 Å². The lowest BCUT2D eigenvalue weighted by atomic mass is 10.0. The predicted molar refractivity (Wildman–Crippen MR) is 126 cm³/mol. The molecule has 0 saturated heterocycles. The lowest BCUT2D eigenvalue weighted by Gasteiger charge is -2.32. The second-order valence-electron chi connectivity index (χ2n) is 8.23. The molecule has 1 aliphatic rings. The van der Waals surface area contributed by atoms with Gasteiger partial charge in [-0.3, -0.25) is 0 Å². The van der Waals surface area contributed by atoms with Crippen molar-refractivity contribution < 1.29 is 18.8 Å². The number of nitrogens with one attached hydrogen (secondary N) is 2. The maximum atomic E-state index is 13.3. The number of amides is 2. The Bertz CT molecular complexity index is 1340. The van der Waals surface area contributed by atoms with Crippen LogP contribution in [0.4, 0.5) is 10.5 Å². The third-order valence-electron chi connectivity index (χ3n) is 5.84. The molecule has 0 saturated carbocycles. The summed E-state index contributed by atoms with van der Waals surface area (Å²) in [5.41, 5.74) is 4.63. The van der Waals surface area contributed by atoms with Crippen LogP contribution in [0.3, 0.4) is 0 Å². The number of rotatable bonds is 5. The Morgan fingerprint density at radius 3 is 2.69 bits per heavy atom. The number of carbonyl (C=O) groups excluding carboxylic acids is 2. The number of nitrogens with zero attached hydrogens (tertiary/aromatic N) is 4. The standard InChI is InChI=1S/C25H24N6O4/c1-3-34-24(32)17-8-10-18(11-9-17)28-25(33)31-13-20-19(26-14-27-20)12-21(31)23-29-22(30-35-23)16-6-4-15(2)5-7-16/h4-11,14,21H,3,12-13H2,1-2H3,(H,26,27)(H,28,33)/t21-/m0/s1. The van der Waals surface area contributed by atoms with Crippen LogP contribution in [0.15, 0.2) is 59.4 Å². The van der Waals surface area contributed by atoms with Crippen LogP contribution in [0.1, 0.15) is 46.2 Å². The maximum Gasteiger partial charge on any atom is 0.338 e. The van der Waals surface area contributed by atoms with Gasteiger partial charge in [0.2, 0.25) is 11.7 Å². The highest BCUT2D eigenvalue weighted by Crippen LogP contribution is 2.32. The van der Waals surface area contributed by atoms with E-state index in [1.54, 1.807) is 42.4 Å². The van der Waals surface area contributed by atoms with E-state index in [9.17, 15) is 9.59 Å². The summed E-state index contributed by atoms with van der Waals surface area (Å²) in [6, 6.07) is 13.5. The number of aromatic amines is 1. The number of benzene rings is 2. The molecule has 2 N–H and O–H groups in total. The number of anilines is 1. The molecule has 0 spiro atoms. The van der Waals surface area contributed by atoms with Gasteiger partial charge in [0.05, 0.1) is 36.4 Å². The largest absolute Gasteiger partial charge is 0.462 e. The first-order chi connectivity index (χ1) is 17.0. The van der Waals surface area contributed by atoms with Crippen LogP contribution in [0.25, 0.3) is 11.4 Å². The van der Waals surface area contributed by atoms with Gasteiger partial charge in [0.1, 0.15) is 6.04 Å². The van der Waals surface area contributed by atoms with E-state index in [1.807, 2.05) is 31.2 Å². The van der Waals surface area contributed by atoms with Crippen molar-refractivity contribution in [3.8, 4) is 11.4 Å². The van der Waals surface area contributed by atoms with E-state index >= 15 is 0 Å². The second-order valence-corrected chi connectivity index (χ2v) is 8.23. The van der Waals surface area contributed by atoms with Crippen molar-refractivity contribution in [2.45, 2.75) is 32.9 Å². The van der Waals surface area contributed by atoms with Gasteiger partial charge < -0.3 is 24.5 Å². The van der Waals surface area contributed by atoms with Gasteiger partial charge in [0.25, 0.3) is 0 Å². The fourth-order valence-corrected chi connectivity index (χ4v) is 3.96. The average Bonchev–Trinajstić information content (AvgIpc) is 3.54.